The summed E-state index contributed by atoms with van der Waals surface area (Å²) in [6.45, 7) is 8.82. The lowest BCUT2D eigenvalue weighted by atomic mass is 10.1. The third-order valence-electron chi connectivity index (χ3n) is 2.42. The predicted octanol–water partition coefficient (Wildman–Crippen LogP) is 3.63. The molecule has 0 radical (unpaired) electrons. The maximum atomic E-state index is 5.53. The van der Waals surface area contributed by atoms with Crippen LogP contribution in [0.4, 0.5) is 5.82 Å². The molecule has 0 aliphatic carbocycles. The summed E-state index contributed by atoms with van der Waals surface area (Å²) in [7, 11) is 0. The lowest BCUT2D eigenvalue weighted by molar-refractivity contribution is 0.132. The first kappa shape index (κ1) is 14.5. The molecule has 0 aliphatic heterocycles. The highest BCUT2D eigenvalue weighted by Crippen LogP contribution is 2.16. The second kappa shape index (κ2) is 7.67. The van der Waals surface area contributed by atoms with Crippen LogP contribution in [0.25, 0.3) is 0 Å². The Labute approximate surface area is 112 Å². The van der Waals surface area contributed by atoms with Crippen LogP contribution in [0.5, 0.6) is 0 Å². The van der Waals surface area contributed by atoms with Crippen molar-refractivity contribution in [3.8, 4) is 0 Å². The molecule has 96 valence electrons. The summed E-state index contributed by atoms with van der Waals surface area (Å²) in [5, 5.41) is 3.27. The number of halogens is 1. The van der Waals surface area contributed by atoms with Crippen molar-refractivity contribution in [1.29, 1.82) is 0 Å². The van der Waals surface area contributed by atoms with E-state index in [0.29, 0.717) is 5.92 Å². The smallest absolute Gasteiger partial charge is 0.128 e. The van der Waals surface area contributed by atoms with Gasteiger partial charge in [0.05, 0.1) is 6.61 Å². The Bertz CT molecular complexity index is 342. The summed E-state index contributed by atoms with van der Waals surface area (Å²) in [4.78, 5) is 4.31. The van der Waals surface area contributed by atoms with Gasteiger partial charge in [-0.25, -0.2) is 4.98 Å². The van der Waals surface area contributed by atoms with Gasteiger partial charge in [0, 0.05) is 23.8 Å². The summed E-state index contributed by atoms with van der Waals surface area (Å²) < 4.78 is 6.54. The van der Waals surface area contributed by atoms with Crippen LogP contribution < -0.4 is 5.32 Å². The van der Waals surface area contributed by atoms with Crippen molar-refractivity contribution in [2.24, 2.45) is 5.92 Å². The highest BCUT2D eigenvalue weighted by molar-refractivity contribution is 9.10. The van der Waals surface area contributed by atoms with Crippen LogP contribution in [0, 0.1) is 12.8 Å². The fraction of sp³-hybridized carbons (Fsp3) is 0.615. The van der Waals surface area contributed by atoms with Crippen LogP contribution >= 0.6 is 15.9 Å². The van der Waals surface area contributed by atoms with Gasteiger partial charge >= 0.3 is 0 Å². The zero-order valence-electron chi connectivity index (χ0n) is 10.8. The number of hydrogen-bond acceptors (Lipinski definition) is 3. The molecule has 0 aliphatic rings. The second-order valence-electron chi connectivity index (χ2n) is 4.54. The van der Waals surface area contributed by atoms with E-state index in [2.05, 4.69) is 46.1 Å². The van der Waals surface area contributed by atoms with Gasteiger partial charge in [-0.2, -0.15) is 0 Å². The molecule has 0 fully saturated rings. The van der Waals surface area contributed by atoms with Crippen LogP contribution in [0.15, 0.2) is 16.7 Å². The summed E-state index contributed by atoms with van der Waals surface area (Å²) in [5.41, 5.74) is 1.14. The second-order valence-corrected chi connectivity index (χ2v) is 5.46. The molecule has 1 N–H and O–H groups in total. The van der Waals surface area contributed by atoms with Crippen LogP contribution in [0.1, 0.15) is 25.8 Å². The maximum absolute atomic E-state index is 5.53. The lowest BCUT2D eigenvalue weighted by Gasteiger charge is -2.09. The zero-order valence-corrected chi connectivity index (χ0v) is 12.4. The standard InChI is InChI=1S/C13H21BrN2O/c1-10(2)4-6-17-7-5-15-13-11(3)8-12(14)9-16-13/h8-10H,4-7H2,1-3H3,(H,15,16). The first-order valence-electron chi connectivity index (χ1n) is 6.03. The van der Waals surface area contributed by atoms with Gasteiger partial charge in [0.25, 0.3) is 0 Å². The van der Waals surface area contributed by atoms with Crippen molar-refractivity contribution in [2.45, 2.75) is 27.2 Å². The molecule has 1 rings (SSSR count). The van der Waals surface area contributed by atoms with Gasteiger partial charge in [-0.05, 0) is 46.8 Å². The Hall–Kier alpha value is -0.610. The van der Waals surface area contributed by atoms with E-state index in [-0.39, 0.29) is 0 Å². The first-order valence-corrected chi connectivity index (χ1v) is 6.82. The number of anilines is 1. The SMILES string of the molecule is Cc1cc(Br)cnc1NCCOCCC(C)C. The number of hydrogen-bond donors (Lipinski definition) is 1. The molecule has 4 heteroatoms. The number of nitrogens with zero attached hydrogens (tertiary/aromatic N) is 1. The normalized spacial score (nSPS) is 10.9. The molecule has 0 unspecified atom stereocenters. The van der Waals surface area contributed by atoms with E-state index in [1.54, 1.807) is 6.20 Å². The number of aromatic nitrogens is 1. The Morgan fingerprint density at radius 1 is 1.41 bits per heavy atom. The Morgan fingerprint density at radius 2 is 2.18 bits per heavy atom. The van der Waals surface area contributed by atoms with Crippen molar-refractivity contribution in [3.63, 3.8) is 0 Å². The van der Waals surface area contributed by atoms with E-state index < -0.39 is 0 Å². The molecule has 0 saturated heterocycles. The summed E-state index contributed by atoms with van der Waals surface area (Å²) >= 11 is 3.40. The predicted molar refractivity (Wildman–Crippen MR) is 75.4 cm³/mol. The van der Waals surface area contributed by atoms with Crippen molar-refractivity contribution < 1.29 is 4.74 Å². The van der Waals surface area contributed by atoms with Crippen molar-refractivity contribution in [2.75, 3.05) is 25.1 Å². The minimum Gasteiger partial charge on any atom is -0.380 e. The molecule has 3 nitrogen and oxygen atoms in total. The first-order chi connectivity index (χ1) is 8.09. The number of aryl methyl sites for hydroxylation is 1. The molecule has 1 heterocycles. The monoisotopic (exact) mass is 300 g/mol. The molecule has 17 heavy (non-hydrogen) atoms. The van der Waals surface area contributed by atoms with Crippen molar-refractivity contribution >= 4 is 21.7 Å². The quantitative estimate of drug-likeness (QED) is 0.781. The molecule has 0 amide bonds. The topological polar surface area (TPSA) is 34.2 Å². The molecule has 1 aromatic heterocycles. The largest absolute Gasteiger partial charge is 0.380 e. The minimum atomic E-state index is 0.707. The van der Waals surface area contributed by atoms with Gasteiger partial charge in [-0.15, -0.1) is 0 Å². The van der Waals surface area contributed by atoms with E-state index in [1.165, 1.54) is 0 Å². The van der Waals surface area contributed by atoms with E-state index in [4.69, 9.17) is 4.74 Å². The molecule has 0 aromatic carbocycles. The van der Waals surface area contributed by atoms with E-state index in [1.807, 2.05) is 6.92 Å². The number of nitrogens with one attached hydrogen (secondary N) is 1. The van der Waals surface area contributed by atoms with E-state index >= 15 is 0 Å². The average Bonchev–Trinajstić information content (AvgIpc) is 2.25. The molecule has 0 spiro atoms. The fourth-order valence-electron chi connectivity index (χ4n) is 1.39. The molecule has 1 aromatic rings. The van der Waals surface area contributed by atoms with Crippen LogP contribution in [-0.2, 0) is 4.74 Å². The number of rotatable bonds is 7. The van der Waals surface area contributed by atoms with Gasteiger partial charge in [0.1, 0.15) is 5.82 Å². The highest BCUT2D eigenvalue weighted by atomic mass is 79.9. The van der Waals surface area contributed by atoms with Gasteiger partial charge in [-0.3, -0.25) is 0 Å². The molecular weight excluding hydrogens is 280 g/mol. The Morgan fingerprint density at radius 3 is 2.82 bits per heavy atom. The number of ether oxygens (including phenoxy) is 1. The summed E-state index contributed by atoms with van der Waals surface area (Å²) in [6.07, 6.45) is 2.92. The fourth-order valence-corrected chi connectivity index (χ4v) is 1.83. The zero-order chi connectivity index (χ0) is 12.7. The molecule has 0 saturated carbocycles. The highest BCUT2D eigenvalue weighted by Gasteiger charge is 1.99. The Kier molecular flexibility index (Phi) is 6.52. The van der Waals surface area contributed by atoms with Crippen LogP contribution in [0.2, 0.25) is 0 Å². The lowest BCUT2D eigenvalue weighted by Crippen LogP contribution is -2.12. The van der Waals surface area contributed by atoms with Gasteiger partial charge in [0.15, 0.2) is 0 Å². The van der Waals surface area contributed by atoms with Gasteiger partial charge < -0.3 is 10.1 Å². The average molecular weight is 301 g/mol. The third-order valence-corrected chi connectivity index (χ3v) is 2.86. The van der Waals surface area contributed by atoms with E-state index in [9.17, 15) is 0 Å². The Balaban J connectivity index is 2.18. The van der Waals surface area contributed by atoms with Crippen LogP contribution in [0.3, 0.4) is 0 Å². The summed E-state index contributed by atoms with van der Waals surface area (Å²) in [5.74, 6) is 1.64. The molecule has 0 bridgehead atoms. The summed E-state index contributed by atoms with van der Waals surface area (Å²) in [6, 6.07) is 2.05. The number of pyridine rings is 1. The molecular formula is C13H21BrN2O. The van der Waals surface area contributed by atoms with Crippen molar-refractivity contribution in [1.82, 2.24) is 4.98 Å². The molecule has 0 atom stereocenters. The minimum absolute atomic E-state index is 0.707. The van der Waals surface area contributed by atoms with Crippen LogP contribution in [-0.4, -0.2) is 24.7 Å². The van der Waals surface area contributed by atoms with Gasteiger partial charge in [-0.1, -0.05) is 13.8 Å². The third kappa shape index (κ3) is 6.03. The van der Waals surface area contributed by atoms with E-state index in [0.717, 1.165) is 42.0 Å². The maximum Gasteiger partial charge on any atom is 0.128 e. The van der Waals surface area contributed by atoms with Gasteiger partial charge in [0.2, 0.25) is 0 Å². The van der Waals surface area contributed by atoms with Crippen molar-refractivity contribution in [3.05, 3.63) is 22.3 Å².